The van der Waals surface area contributed by atoms with Gasteiger partial charge in [-0.2, -0.15) is 0 Å². The molecule has 10 heteroatoms. The van der Waals surface area contributed by atoms with Gasteiger partial charge in [-0.05, 0) is 25.8 Å². The number of carbonyl (C=O) groups is 2. The van der Waals surface area contributed by atoms with Gasteiger partial charge in [0.25, 0.3) is 0 Å². The number of nitrogens with zero attached hydrogens (tertiary/aromatic N) is 6. The highest BCUT2D eigenvalue weighted by atomic mass is 16.4. The fourth-order valence-electron chi connectivity index (χ4n) is 3.95. The topological polar surface area (TPSA) is 138 Å². The minimum absolute atomic E-state index is 0.0301. The van der Waals surface area contributed by atoms with E-state index in [2.05, 4.69) is 46.6 Å². The van der Waals surface area contributed by atoms with Gasteiger partial charge in [-0.1, -0.05) is 27.2 Å². The zero-order valence-corrected chi connectivity index (χ0v) is 21.0. The van der Waals surface area contributed by atoms with Crippen LogP contribution in [0.25, 0.3) is 0 Å². The first-order valence-corrected chi connectivity index (χ1v) is 12.3. The third-order valence-corrected chi connectivity index (χ3v) is 6.30. The van der Waals surface area contributed by atoms with Crippen molar-refractivity contribution in [2.75, 3.05) is 37.6 Å². The summed E-state index contributed by atoms with van der Waals surface area (Å²) in [5, 5.41) is 8.28. The molecule has 0 atom stereocenters. The van der Waals surface area contributed by atoms with E-state index >= 15 is 0 Å². The maximum absolute atomic E-state index is 10.9. The van der Waals surface area contributed by atoms with E-state index in [9.17, 15) is 9.59 Å². The van der Waals surface area contributed by atoms with Gasteiger partial charge < -0.3 is 15.7 Å². The van der Waals surface area contributed by atoms with Gasteiger partial charge in [0.1, 0.15) is 11.6 Å². The molecule has 2 fully saturated rings. The van der Waals surface area contributed by atoms with Crippen molar-refractivity contribution in [2.45, 2.75) is 64.2 Å². The van der Waals surface area contributed by atoms with Crippen molar-refractivity contribution in [3.05, 3.63) is 41.9 Å². The Bertz CT molecular complexity index is 982. The Morgan fingerprint density at radius 2 is 1.83 bits per heavy atom. The zero-order valence-electron chi connectivity index (χ0n) is 21.0. The Hall–Kier alpha value is -3.14. The van der Waals surface area contributed by atoms with Crippen LogP contribution in [0, 0.1) is 0 Å². The van der Waals surface area contributed by atoms with Crippen molar-refractivity contribution < 1.29 is 14.7 Å². The second-order valence-electron chi connectivity index (χ2n) is 10.1. The highest BCUT2D eigenvalue weighted by molar-refractivity contribution is 5.84. The number of aromatic carboxylic acids is 1. The Labute approximate surface area is 207 Å². The number of primary amides is 1. The SMILES string of the molecule is CC(C)(C)c1nc(C2CCC2)cc(N2CCN(CCCC(N)=O)CC2)n1.O=C(O)c1cnccn1. The summed E-state index contributed by atoms with van der Waals surface area (Å²) < 4.78 is 0. The largest absolute Gasteiger partial charge is 0.476 e. The lowest BCUT2D eigenvalue weighted by Crippen LogP contribution is -2.47. The Kier molecular flexibility index (Phi) is 9.08. The fourth-order valence-corrected chi connectivity index (χ4v) is 3.95. The van der Waals surface area contributed by atoms with Crippen LogP contribution in [0.15, 0.2) is 24.7 Å². The molecule has 0 bridgehead atoms. The first kappa shape index (κ1) is 26.5. The molecular weight excluding hydrogens is 446 g/mol. The fraction of sp³-hybridized carbons (Fsp3) is 0.600. The second kappa shape index (κ2) is 12.0. The first-order chi connectivity index (χ1) is 16.6. The lowest BCUT2D eigenvalue weighted by Gasteiger charge is -2.36. The number of amides is 1. The molecule has 2 aromatic heterocycles. The van der Waals surface area contributed by atoms with Crippen LogP contribution < -0.4 is 10.6 Å². The molecule has 1 amide bonds. The molecule has 2 aromatic rings. The molecule has 1 saturated carbocycles. The lowest BCUT2D eigenvalue weighted by molar-refractivity contribution is -0.118. The highest BCUT2D eigenvalue weighted by Gasteiger charge is 2.27. The van der Waals surface area contributed by atoms with Crippen LogP contribution in [0.2, 0.25) is 0 Å². The van der Waals surface area contributed by atoms with Crippen LogP contribution in [-0.4, -0.2) is 74.5 Å². The van der Waals surface area contributed by atoms with Gasteiger partial charge in [0.15, 0.2) is 5.69 Å². The minimum atomic E-state index is -1.05. The number of carboxylic acids is 1. The quantitative estimate of drug-likeness (QED) is 0.608. The van der Waals surface area contributed by atoms with Crippen LogP contribution >= 0.6 is 0 Å². The van der Waals surface area contributed by atoms with E-state index in [1.165, 1.54) is 43.5 Å². The van der Waals surface area contributed by atoms with Gasteiger partial charge in [-0.15, -0.1) is 0 Å². The average molecular weight is 484 g/mol. The van der Waals surface area contributed by atoms with Crippen LogP contribution in [0.4, 0.5) is 5.82 Å². The predicted octanol–water partition coefficient (Wildman–Crippen LogP) is 2.60. The number of nitrogens with two attached hydrogens (primary N) is 1. The minimum Gasteiger partial charge on any atom is -0.476 e. The van der Waals surface area contributed by atoms with Crippen molar-refractivity contribution in [1.29, 1.82) is 0 Å². The molecule has 3 heterocycles. The number of aromatic nitrogens is 4. The molecule has 0 radical (unpaired) electrons. The molecule has 190 valence electrons. The van der Waals surface area contributed by atoms with Crippen molar-refractivity contribution >= 4 is 17.7 Å². The summed E-state index contributed by atoms with van der Waals surface area (Å²) in [4.78, 5) is 42.7. The summed E-state index contributed by atoms with van der Waals surface area (Å²) in [6, 6.07) is 2.22. The average Bonchev–Trinajstić information content (AvgIpc) is 2.78. The van der Waals surface area contributed by atoms with Crippen LogP contribution in [-0.2, 0) is 10.2 Å². The van der Waals surface area contributed by atoms with E-state index < -0.39 is 5.97 Å². The summed E-state index contributed by atoms with van der Waals surface area (Å²) >= 11 is 0. The Morgan fingerprint density at radius 1 is 1.11 bits per heavy atom. The van der Waals surface area contributed by atoms with Gasteiger partial charge in [0.2, 0.25) is 5.91 Å². The lowest BCUT2D eigenvalue weighted by atomic mass is 9.82. The number of carbonyl (C=O) groups excluding carboxylic acids is 1. The first-order valence-electron chi connectivity index (χ1n) is 12.3. The van der Waals surface area contributed by atoms with E-state index in [0.717, 1.165) is 50.8 Å². The van der Waals surface area contributed by atoms with E-state index in [4.69, 9.17) is 20.8 Å². The van der Waals surface area contributed by atoms with E-state index in [-0.39, 0.29) is 17.0 Å². The Morgan fingerprint density at radius 3 is 2.31 bits per heavy atom. The molecule has 1 aliphatic carbocycles. The molecule has 0 unspecified atom stereocenters. The highest BCUT2D eigenvalue weighted by Crippen LogP contribution is 2.37. The van der Waals surface area contributed by atoms with E-state index in [0.29, 0.717) is 12.3 Å². The van der Waals surface area contributed by atoms with Crippen LogP contribution in [0.3, 0.4) is 0 Å². The molecule has 35 heavy (non-hydrogen) atoms. The van der Waals surface area contributed by atoms with Crippen molar-refractivity contribution in [3.8, 4) is 0 Å². The molecule has 2 aliphatic rings. The van der Waals surface area contributed by atoms with Crippen molar-refractivity contribution in [2.24, 2.45) is 5.73 Å². The summed E-state index contributed by atoms with van der Waals surface area (Å²) in [5.41, 5.74) is 6.40. The molecule has 4 rings (SSSR count). The van der Waals surface area contributed by atoms with Gasteiger partial charge >= 0.3 is 5.97 Å². The third-order valence-electron chi connectivity index (χ3n) is 6.30. The number of anilines is 1. The number of hydrogen-bond donors (Lipinski definition) is 2. The number of piperazine rings is 1. The molecule has 3 N–H and O–H groups in total. The standard InChI is InChI=1S/C20H33N5O.C5H4N2O2/c1-20(2,3)19-22-16(15-6-4-7-15)14-18(23-19)25-12-10-24(11-13-25)9-5-8-17(21)26;8-5(9)4-3-6-1-2-7-4/h14-15H,4-13H2,1-3H3,(H2,21,26);1-3H,(H,8,9). The molecule has 0 spiro atoms. The van der Waals surface area contributed by atoms with Crippen molar-refractivity contribution in [1.82, 2.24) is 24.8 Å². The smallest absolute Gasteiger partial charge is 0.356 e. The van der Waals surface area contributed by atoms with Gasteiger partial charge in [-0.25, -0.2) is 19.7 Å². The predicted molar refractivity (Wildman–Crippen MR) is 133 cm³/mol. The number of hydrogen-bond acceptors (Lipinski definition) is 8. The Balaban J connectivity index is 0.000000320. The second-order valence-corrected chi connectivity index (χ2v) is 10.1. The maximum atomic E-state index is 10.9. The molecular formula is C25H37N7O3. The summed E-state index contributed by atoms with van der Waals surface area (Å²) in [7, 11) is 0. The van der Waals surface area contributed by atoms with Crippen molar-refractivity contribution in [3.63, 3.8) is 0 Å². The van der Waals surface area contributed by atoms with Gasteiger partial charge in [-0.3, -0.25) is 14.7 Å². The number of carboxylic acid groups (broad SMARTS) is 1. The summed E-state index contributed by atoms with van der Waals surface area (Å²) in [5.74, 6) is 1.41. The maximum Gasteiger partial charge on any atom is 0.356 e. The zero-order chi connectivity index (χ0) is 25.4. The van der Waals surface area contributed by atoms with Gasteiger partial charge in [0, 0.05) is 68.1 Å². The molecule has 1 saturated heterocycles. The summed E-state index contributed by atoms with van der Waals surface area (Å²) in [6.45, 7) is 11.5. The molecule has 0 aromatic carbocycles. The number of rotatable bonds is 7. The third kappa shape index (κ3) is 7.95. The summed E-state index contributed by atoms with van der Waals surface area (Å²) in [6.07, 6.45) is 9.12. The van der Waals surface area contributed by atoms with E-state index in [1.54, 1.807) is 0 Å². The van der Waals surface area contributed by atoms with Crippen LogP contribution in [0.5, 0.6) is 0 Å². The monoisotopic (exact) mass is 483 g/mol. The normalized spacial score (nSPS) is 16.7. The van der Waals surface area contributed by atoms with Gasteiger partial charge in [0.05, 0.1) is 6.20 Å². The molecule has 10 nitrogen and oxygen atoms in total. The van der Waals surface area contributed by atoms with E-state index in [1.807, 2.05) is 0 Å². The van der Waals surface area contributed by atoms with Crippen LogP contribution in [0.1, 0.15) is 80.8 Å². The molecule has 1 aliphatic heterocycles.